The predicted molar refractivity (Wildman–Crippen MR) is 87.6 cm³/mol. The molecule has 1 aliphatic rings. The summed E-state index contributed by atoms with van der Waals surface area (Å²) in [5.74, 6) is -0.268. The van der Waals surface area contributed by atoms with Crippen molar-refractivity contribution in [3.8, 4) is 0 Å². The van der Waals surface area contributed by atoms with E-state index in [0.29, 0.717) is 12.8 Å². The first-order valence-corrected chi connectivity index (χ1v) is 8.28. The summed E-state index contributed by atoms with van der Waals surface area (Å²) in [4.78, 5) is 37.3. The molecule has 0 aromatic carbocycles. The zero-order valence-corrected chi connectivity index (χ0v) is 13.9. The topological polar surface area (TPSA) is 134 Å². The first-order chi connectivity index (χ1) is 12.0. The van der Waals surface area contributed by atoms with Crippen molar-refractivity contribution >= 4 is 18.1 Å². The quantitative estimate of drug-likeness (QED) is 0.364. The second-order valence-corrected chi connectivity index (χ2v) is 5.92. The average Bonchev–Trinajstić information content (AvgIpc) is 2.93. The lowest BCUT2D eigenvalue weighted by Gasteiger charge is -2.16. The molecule has 25 heavy (non-hydrogen) atoms. The Bertz CT molecular complexity index is 647. The SMILES string of the molecule is Nc1ccn([C@H]2C[C@H](O)[C@@H](COC(=O)CCCCCC=O)O2)c(=O)n1. The van der Waals surface area contributed by atoms with Gasteiger partial charge in [0.2, 0.25) is 0 Å². The lowest BCUT2D eigenvalue weighted by Crippen LogP contribution is -2.29. The molecule has 3 atom stereocenters. The number of hydrogen-bond acceptors (Lipinski definition) is 8. The van der Waals surface area contributed by atoms with Crippen LogP contribution in [0.3, 0.4) is 0 Å². The Morgan fingerprint density at radius 1 is 1.48 bits per heavy atom. The van der Waals surface area contributed by atoms with Crippen LogP contribution in [0.2, 0.25) is 0 Å². The summed E-state index contributed by atoms with van der Waals surface area (Å²) in [5.41, 5.74) is 4.87. The van der Waals surface area contributed by atoms with E-state index in [9.17, 15) is 19.5 Å². The molecule has 0 unspecified atom stereocenters. The van der Waals surface area contributed by atoms with Crippen molar-refractivity contribution in [2.75, 3.05) is 12.3 Å². The van der Waals surface area contributed by atoms with Gasteiger partial charge in [0.05, 0.1) is 6.10 Å². The number of anilines is 1. The van der Waals surface area contributed by atoms with E-state index in [-0.39, 0.29) is 31.2 Å². The van der Waals surface area contributed by atoms with E-state index >= 15 is 0 Å². The van der Waals surface area contributed by atoms with Crippen LogP contribution in [-0.4, -0.2) is 45.7 Å². The van der Waals surface area contributed by atoms with E-state index in [1.807, 2.05) is 0 Å². The summed E-state index contributed by atoms with van der Waals surface area (Å²) < 4.78 is 12.0. The summed E-state index contributed by atoms with van der Waals surface area (Å²) in [5, 5.41) is 10.0. The molecule has 0 spiro atoms. The third-order valence-corrected chi connectivity index (χ3v) is 3.98. The second kappa shape index (κ2) is 9.28. The maximum atomic E-state index is 11.8. The molecule has 138 valence electrons. The fourth-order valence-electron chi connectivity index (χ4n) is 2.60. The summed E-state index contributed by atoms with van der Waals surface area (Å²) in [6, 6.07) is 1.47. The number of carbonyl (C=O) groups is 2. The van der Waals surface area contributed by atoms with Crippen LogP contribution in [0, 0.1) is 0 Å². The standard InChI is InChI=1S/C16H23N3O6/c17-13-6-7-19(16(23)18-13)14-9-11(21)12(25-14)10-24-15(22)5-3-1-2-4-8-20/h6-8,11-12,14,21H,1-5,9-10H2,(H2,17,18,23)/t11-,12+,14+/m0/s1. The van der Waals surface area contributed by atoms with Crippen molar-refractivity contribution in [3.63, 3.8) is 0 Å². The van der Waals surface area contributed by atoms with Crippen molar-refractivity contribution in [3.05, 3.63) is 22.7 Å². The third-order valence-electron chi connectivity index (χ3n) is 3.98. The normalized spacial score (nSPS) is 22.7. The number of unbranched alkanes of at least 4 members (excludes halogenated alkanes) is 3. The number of nitrogens with two attached hydrogens (primary N) is 1. The minimum absolute atomic E-state index is 0.0814. The largest absolute Gasteiger partial charge is 0.463 e. The molecular weight excluding hydrogens is 330 g/mol. The number of hydrogen-bond donors (Lipinski definition) is 2. The van der Waals surface area contributed by atoms with Gasteiger partial charge in [0.1, 0.15) is 31.0 Å². The minimum Gasteiger partial charge on any atom is -0.463 e. The number of nitrogen functional groups attached to an aromatic ring is 1. The molecule has 0 bridgehead atoms. The van der Waals surface area contributed by atoms with Crippen molar-refractivity contribution in [1.29, 1.82) is 0 Å². The van der Waals surface area contributed by atoms with Crippen LogP contribution in [-0.2, 0) is 19.1 Å². The molecule has 1 saturated heterocycles. The maximum Gasteiger partial charge on any atom is 0.351 e. The van der Waals surface area contributed by atoms with Crippen molar-refractivity contribution in [2.24, 2.45) is 0 Å². The molecular formula is C16H23N3O6. The number of nitrogens with zero attached hydrogens (tertiary/aromatic N) is 2. The molecule has 1 aromatic heterocycles. The second-order valence-electron chi connectivity index (χ2n) is 5.92. The van der Waals surface area contributed by atoms with Crippen LogP contribution in [0.25, 0.3) is 0 Å². The Balaban J connectivity index is 1.77. The summed E-state index contributed by atoms with van der Waals surface area (Å²) in [6.07, 6.45) is 3.22. The molecule has 1 fully saturated rings. The average molecular weight is 353 g/mol. The number of aromatic nitrogens is 2. The van der Waals surface area contributed by atoms with E-state index < -0.39 is 24.1 Å². The number of aliphatic hydroxyl groups excluding tert-OH is 1. The number of ether oxygens (including phenoxy) is 2. The number of carbonyl (C=O) groups excluding carboxylic acids is 2. The van der Waals surface area contributed by atoms with Gasteiger partial charge in [0, 0.05) is 25.5 Å². The molecule has 0 radical (unpaired) electrons. The molecule has 1 aromatic rings. The zero-order chi connectivity index (χ0) is 18.2. The molecule has 9 heteroatoms. The Kier molecular flexibility index (Phi) is 7.08. The highest BCUT2D eigenvalue weighted by atomic mass is 16.6. The monoisotopic (exact) mass is 353 g/mol. The smallest absolute Gasteiger partial charge is 0.351 e. The fourth-order valence-corrected chi connectivity index (χ4v) is 2.60. The molecule has 1 aliphatic heterocycles. The van der Waals surface area contributed by atoms with Crippen molar-refractivity contribution in [1.82, 2.24) is 9.55 Å². The number of esters is 1. The number of rotatable bonds is 9. The van der Waals surface area contributed by atoms with Gasteiger partial charge >= 0.3 is 11.7 Å². The van der Waals surface area contributed by atoms with Crippen LogP contribution in [0.1, 0.15) is 44.8 Å². The molecule has 3 N–H and O–H groups in total. The molecule has 0 amide bonds. The van der Waals surface area contributed by atoms with Gasteiger partial charge in [-0.15, -0.1) is 0 Å². The van der Waals surface area contributed by atoms with Gasteiger partial charge in [-0.1, -0.05) is 6.42 Å². The highest BCUT2D eigenvalue weighted by Crippen LogP contribution is 2.27. The Morgan fingerprint density at radius 3 is 3.00 bits per heavy atom. The van der Waals surface area contributed by atoms with E-state index in [4.69, 9.17) is 15.2 Å². The zero-order valence-electron chi connectivity index (χ0n) is 13.9. The summed E-state index contributed by atoms with van der Waals surface area (Å²) >= 11 is 0. The van der Waals surface area contributed by atoms with E-state index in [1.165, 1.54) is 16.8 Å². The first-order valence-electron chi connectivity index (χ1n) is 8.28. The van der Waals surface area contributed by atoms with Crippen molar-refractivity contribution in [2.45, 2.75) is 57.0 Å². The van der Waals surface area contributed by atoms with Crippen LogP contribution < -0.4 is 11.4 Å². The Morgan fingerprint density at radius 2 is 2.28 bits per heavy atom. The van der Waals surface area contributed by atoms with Crippen LogP contribution in [0.5, 0.6) is 0 Å². The molecule has 9 nitrogen and oxygen atoms in total. The van der Waals surface area contributed by atoms with Crippen molar-refractivity contribution < 1.29 is 24.2 Å². The minimum atomic E-state index is -0.852. The highest BCUT2D eigenvalue weighted by Gasteiger charge is 2.36. The Labute approximate surface area is 144 Å². The first kappa shape index (κ1) is 19.1. The van der Waals surface area contributed by atoms with Crippen LogP contribution in [0.15, 0.2) is 17.1 Å². The fraction of sp³-hybridized carbons (Fsp3) is 0.625. The summed E-state index contributed by atoms with van der Waals surface area (Å²) in [7, 11) is 0. The lowest BCUT2D eigenvalue weighted by atomic mass is 10.1. The number of aliphatic hydroxyl groups is 1. The van der Waals surface area contributed by atoms with Crippen LogP contribution in [0.4, 0.5) is 5.82 Å². The summed E-state index contributed by atoms with van der Waals surface area (Å²) in [6.45, 7) is -0.0814. The van der Waals surface area contributed by atoms with Gasteiger partial charge in [0.15, 0.2) is 0 Å². The maximum absolute atomic E-state index is 11.8. The van der Waals surface area contributed by atoms with Crippen LogP contribution >= 0.6 is 0 Å². The molecule has 0 aliphatic carbocycles. The molecule has 2 rings (SSSR count). The lowest BCUT2D eigenvalue weighted by molar-refractivity contribution is -0.150. The highest BCUT2D eigenvalue weighted by molar-refractivity contribution is 5.69. The van der Waals surface area contributed by atoms with E-state index in [2.05, 4.69) is 4.98 Å². The molecule has 2 heterocycles. The van der Waals surface area contributed by atoms with E-state index in [0.717, 1.165) is 19.1 Å². The van der Waals surface area contributed by atoms with Gasteiger partial charge in [-0.25, -0.2) is 4.79 Å². The predicted octanol–water partition coefficient (Wildman–Crippen LogP) is 0.166. The van der Waals surface area contributed by atoms with Gasteiger partial charge in [-0.2, -0.15) is 4.98 Å². The van der Waals surface area contributed by atoms with Gasteiger partial charge in [0.25, 0.3) is 0 Å². The number of aldehydes is 1. The molecule has 0 saturated carbocycles. The third kappa shape index (κ3) is 5.64. The van der Waals surface area contributed by atoms with Gasteiger partial charge in [-0.05, 0) is 18.9 Å². The van der Waals surface area contributed by atoms with Gasteiger partial charge < -0.3 is 25.1 Å². The van der Waals surface area contributed by atoms with Gasteiger partial charge in [-0.3, -0.25) is 9.36 Å². The Hall–Kier alpha value is -2.26. The van der Waals surface area contributed by atoms with E-state index in [1.54, 1.807) is 0 Å².